The summed E-state index contributed by atoms with van der Waals surface area (Å²) < 4.78 is 5.20. The van der Waals surface area contributed by atoms with Gasteiger partial charge in [-0.3, -0.25) is 9.59 Å². The molecule has 28 heavy (non-hydrogen) atoms. The van der Waals surface area contributed by atoms with Crippen LogP contribution in [0.2, 0.25) is 0 Å². The van der Waals surface area contributed by atoms with E-state index in [2.05, 4.69) is 16.8 Å². The molecule has 148 valence electrons. The summed E-state index contributed by atoms with van der Waals surface area (Å²) in [5, 5.41) is 0. The Bertz CT molecular complexity index is 811. The van der Waals surface area contributed by atoms with Crippen LogP contribution in [0, 0.1) is 5.92 Å². The van der Waals surface area contributed by atoms with Crippen molar-refractivity contribution in [3.8, 4) is 0 Å². The molecular formula is C21H26N4O3. The molecule has 2 saturated heterocycles. The quantitative estimate of drug-likeness (QED) is 0.816. The topological polar surface area (TPSA) is 69.9 Å². The molecular weight excluding hydrogens is 356 g/mol. The van der Waals surface area contributed by atoms with Crippen molar-refractivity contribution in [3.63, 3.8) is 0 Å². The molecule has 1 unspecified atom stereocenters. The van der Waals surface area contributed by atoms with Gasteiger partial charge in [-0.1, -0.05) is 6.92 Å². The van der Waals surface area contributed by atoms with Gasteiger partial charge in [0, 0.05) is 39.3 Å². The zero-order valence-corrected chi connectivity index (χ0v) is 16.2. The minimum Gasteiger partial charge on any atom is -0.459 e. The number of hydrogen-bond donors (Lipinski definition) is 0. The Morgan fingerprint density at radius 1 is 1.04 bits per heavy atom. The maximum atomic E-state index is 12.7. The average Bonchev–Trinajstić information content (AvgIpc) is 3.28. The summed E-state index contributed by atoms with van der Waals surface area (Å²) >= 11 is 0. The fourth-order valence-electron chi connectivity index (χ4n) is 3.96. The van der Waals surface area contributed by atoms with E-state index in [-0.39, 0.29) is 11.8 Å². The summed E-state index contributed by atoms with van der Waals surface area (Å²) in [6, 6.07) is 7.19. The summed E-state index contributed by atoms with van der Waals surface area (Å²) in [6.07, 6.45) is 5.53. The van der Waals surface area contributed by atoms with Crippen LogP contribution in [0.25, 0.3) is 0 Å². The van der Waals surface area contributed by atoms with Crippen molar-refractivity contribution >= 4 is 17.5 Å². The first kappa shape index (κ1) is 18.5. The number of pyridine rings is 1. The van der Waals surface area contributed by atoms with E-state index < -0.39 is 0 Å². The van der Waals surface area contributed by atoms with Gasteiger partial charge in [0.05, 0.1) is 18.1 Å². The number of rotatable bonds is 3. The first-order valence-corrected chi connectivity index (χ1v) is 9.95. The monoisotopic (exact) mass is 382 g/mol. The molecule has 0 radical (unpaired) electrons. The summed E-state index contributed by atoms with van der Waals surface area (Å²) in [7, 11) is 0. The summed E-state index contributed by atoms with van der Waals surface area (Å²) in [5.41, 5.74) is 1.48. The summed E-state index contributed by atoms with van der Waals surface area (Å²) in [6.45, 7) is 6.53. The number of furan rings is 1. The van der Waals surface area contributed by atoms with Crippen molar-refractivity contribution < 1.29 is 14.0 Å². The van der Waals surface area contributed by atoms with E-state index in [4.69, 9.17) is 4.42 Å². The van der Waals surface area contributed by atoms with Crippen LogP contribution in [0.5, 0.6) is 0 Å². The molecule has 0 N–H and O–H groups in total. The minimum atomic E-state index is -0.0699. The molecule has 0 aromatic carbocycles. The van der Waals surface area contributed by atoms with Gasteiger partial charge in [-0.05, 0) is 43.0 Å². The van der Waals surface area contributed by atoms with E-state index in [1.807, 2.05) is 17.0 Å². The first-order chi connectivity index (χ1) is 13.6. The van der Waals surface area contributed by atoms with Gasteiger partial charge in [0.2, 0.25) is 0 Å². The number of piperidine rings is 1. The number of nitrogens with zero attached hydrogens (tertiary/aromatic N) is 4. The van der Waals surface area contributed by atoms with Gasteiger partial charge in [0.25, 0.3) is 11.8 Å². The molecule has 2 aliphatic rings. The lowest BCUT2D eigenvalue weighted by Crippen LogP contribution is -2.48. The average molecular weight is 382 g/mol. The Morgan fingerprint density at radius 3 is 2.50 bits per heavy atom. The van der Waals surface area contributed by atoms with Crippen molar-refractivity contribution in [2.75, 3.05) is 44.2 Å². The number of amides is 2. The lowest BCUT2D eigenvalue weighted by Gasteiger charge is -2.35. The Morgan fingerprint density at radius 2 is 1.86 bits per heavy atom. The second-order valence-electron chi connectivity index (χ2n) is 7.66. The van der Waals surface area contributed by atoms with Crippen molar-refractivity contribution in [1.82, 2.24) is 14.8 Å². The number of likely N-dealkylation sites (tertiary alicyclic amines) is 1. The van der Waals surface area contributed by atoms with Crippen molar-refractivity contribution in [2.45, 2.75) is 19.8 Å². The number of piperazine rings is 1. The molecule has 4 rings (SSSR count). The van der Waals surface area contributed by atoms with Crippen LogP contribution in [0.3, 0.4) is 0 Å². The number of carbonyl (C=O) groups excluding carboxylic acids is 2. The van der Waals surface area contributed by atoms with E-state index in [1.165, 1.54) is 12.7 Å². The van der Waals surface area contributed by atoms with Gasteiger partial charge in [-0.25, -0.2) is 4.98 Å². The molecule has 0 aliphatic carbocycles. The second kappa shape index (κ2) is 8.04. The van der Waals surface area contributed by atoms with E-state index in [0.29, 0.717) is 30.5 Å². The number of anilines is 1. The molecule has 2 amide bonds. The van der Waals surface area contributed by atoms with E-state index in [0.717, 1.165) is 38.3 Å². The molecule has 0 bridgehead atoms. The Hall–Kier alpha value is -2.83. The highest BCUT2D eigenvalue weighted by atomic mass is 16.3. The van der Waals surface area contributed by atoms with Crippen LogP contribution >= 0.6 is 0 Å². The van der Waals surface area contributed by atoms with Gasteiger partial charge < -0.3 is 19.1 Å². The van der Waals surface area contributed by atoms with Crippen molar-refractivity contribution in [3.05, 3.63) is 48.2 Å². The van der Waals surface area contributed by atoms with Crippen LogP contribution < -0.4 is 4.90 Å². The molecule has 0 spiro atoms. The van der Waals surface area contributed by atoms with E-state index >= 15 is 0 Å². The third-order valence-electron chi connectivity index (χ3n) is 5.58. The van der Waals surface area contributed by atoms with Gasteiger partial charge in [0.15, 0.2) is 5.76 Å². The van der Waals surface area contributed by atoms with Crippen LogP contribution in [-0.4, -0.2) is 65.9 Å². The predicted molar refractivity (Wildman–Crippen MR) is 105 cm³/mol. The molecule has 0 saturated carbocycles. The summed E-state index contributed by atoms with van der Waals surface area (Å²) in [5.74, 6) is 0.883. The Kier molecular flexibility index (Phi) is 5.32. The predicted octanol–water partition coefficient (Wildman–Crippen LogP) is 2.51. The molecule has 4 heterocycles. The highest BCUT2D eigenvalue weighted by Crippen LogP contribution is 2.20. The van der Waals surface area contributed by atoms with Gasteiger partial charge in [0.1, 0.15) is 5.69 Å². The molecule has 2 aromatic rings. The lowest BCUT2D eigenvalue weighted by molar-refractivity contribution is 0.0675. The first-order valence-electron chi connectivity index (χ1n) is 9.95. The van der Waals surface area contributed by atoms with E-state index in [9.17, 15) is 9.59 Å². The number of hydrogen-bond acceptors (Lipinski definition) is 5. The highest BCUT2D eigenvalue weighted by Gasteiger charge is 2.25. The maximum Gasteiger partial charge on any atom is 0.289 e. The number of carbonyl (C=O) groups is 2. The zero-order chi connectivity index (χ0) is 19.5. The summed E-state index contributed by atoms with van der Waals surface area (Å²) in [4.78, 5) is 35.3. The zero-order valence-electron chi connectivity index (χ0n) is 16.2. The molecule has 2 fully saturated rings. The highest BCUT2D eigenvalue weighted by molar-refractivity contribution is 5.93. The normalized spacial score (nSPS) is 20.3. The SMILES string of the molecule is CC1CCCN(C(=O)c2ccc(N3CCN(C(=O)c4ccco4)CC3)cn2)C1. The molecule has 2 aromatic heterocycles. The van der Waals surface area contributed by atoms with Gasteiger partial charge in [-0.2, -0.15) is 0 Å². The molecule has 1 atom stereocenters. The van der Waals surface area contributed by atoms with Crippen molar-refractivity contribution in [1.29, 1.82) is 0 Å². The van der Waals surface area contributed by atoms with Crippen LogP contribution in [0.4, 0.5) is 5.69 Å². The fraction of sp³-hybridized carbons (Fsp3) is 0.476. The standard InChI is InChI=1S/C21H26N4O3/c1-16-4-2-8-25(15-16)20(26)18-7-6-17(14-22-18)23-9-11-24(12-10-23)21(27)19-5-3-13-28-19/h3,5-7,13-14,16H,2,4,8-12,15H2,1H3. The smallest absolute Gasteiger partial charge is 0.289 e. The Labute approximate surface area is 164 Å². The number of aromatic nitrogens is 1. The third-order valence-corrected chi connectivity index (χ3v) is 5.58. The van der Waals surface area contributed by atoms with E-state index in [1.54, 1.807) is 23.2 Å². The molecule has 7 nitrogen and oxygen atoms in total. The van der Waals surface area contributed by atoms with Gasteiger partial charge in [-0.15, -0.1) is 0 Å². The van der Waals surface area contributed by atoms with Crippen LogP contribution in [-0.2, 0) is 0 Å². The Balaban J connectivity index is 1.34. The third kappa shape index (κ3) is 3.88. The molecule has 2 aliphatic heterocycles. The largest absolute Gasteiger partial charge is 0.459 e. The van der Waals surface area contributed by atoms with Crippen LogP contribution in [0.1, 0.15) is 40.8 Å². The second-order valence-corrected chi connectivity index (χ2v) is 7.66. The van der Waals surface area contributed by atoms with Crippen molar-refractivity contribution in [2.24, 2.45) is 5.92 Å². The maximum absolute atomic E-state index is 12.7. The fourth-order valence-corrected chi connectivity index (χ4v) is 3.96. The van der Waals surface area contributed by atoms with Gasteiger partial charge >= 0.3 is 0 Å². The van der Waals surface area contributed by atoms with Crippen LogP contribution in [0.15, 0.2) is 41.1 Å². The minimum absolute atomic E-state index is 0.0203. The lowest BCUT2D eigenvalue weighted by atomic mass is 10.00. The molecule has 7 heteroatoms.